The smallest absolute Gasteiger partial charge is 0.220 e. The number of para-hydroxylation sites is 2. The summed E-state index contributed by atoms with van der Waals surface area (Å²) < 4.78 is 7.18. The third-order valence-electron chi connectivity index (χ3n) is 4.93. The molecule has 4 rings (SSSR count). The van der Waals surface area contributed by atoms with E-state index in [0.717, 1.165) is 33.3 Å². The van der Waals surface area contributed by atoms with Crippen LogP contribution in [-0.4, -0.2) is 38.0 Å². The van der Waals surface area contributed by atoms with Gasteiger partial charge >= 0.3 is 0 Å². The number of pyridine rings is 1. The van der Waals surface area contributed by atoms with Crippen molar-refractivity contribution >= 4 is 22.5 Å². The van der Waals surface area contributed by atoms with Crippen molar-refractivity contribution in [3.05, 3.63) is 65.2 Å². The number of tetrazole rings is 1. The predicted octanol–water partition coefficient (Wildman–Crippen LogP) is 3.14. The lowest BCUT2D eigenvalue weighted by atomic mass is 10.1. The van der Waals surface area contributed by atoms with E-state index < -0.39 is 0 Å². The molecule has 0 saturated heterocycles. The summed E-state index contributed by atoms with van der Waals surface area (Å²) in [6.07, 6.45) is 0. The molecule has 0 radical (unpaired) electrons. The minimum absolute atomic E-state index is 0.0270. The highest BCUT2D eigenvalue weighted by molar-refractivity contribution is 5.86. The zero-order valence-corrected chi connectivity index (χ0v) is 16.1. The highest BCUT2D eigenvalue weighted by Gasteiger charge is 2.17. The van der Waals surface area contributed by atoms with E-state index >= 15 is 0 Å². The van der Waals surface area contributed by atoms with Crippen molar-refractivity contribution < 1.29 is 9.53 Å². The Hall–Kier alpha value is -3.48. The second-order valence-electron chi connectivity index (χ2n) is 6.78. The normalized spacial score (nSPS) is 11.1. The topological polar surface area (TPSA) is 72.6 Å². The molecular weight excluding hydrogens is 354 g/mol. The molecule has 7 heteroatoms. The van der Waals surface area contributed by atoms with Crippen molar-refractivity contribution in [3.63, 3.8) is 0 Å². The number of amides is 1. The van der Waals surface area contributed by atoms with Gasteiger partial charge in [-0.2, -0.15) is 4.52 Å². The van der Waals surface area contributed by atoms with Crippen LogP contribution in [0.15, 0.2) is 48.5 Å². The fraction of sp³-hybridized carbons (Fsp3) is 0.238. The molecule has 28 heavy (non-hydrogen) atoms. The van der Waals surface area contributed by atoms with Crippen LogP contribution in [0.2, 0.25) is 0 Å². The van der Waals surface area contributed by atoms with Gasteiger partial charge in [-0.1, -0.05) is 36.4 Å². The number of carbonyl (C=O) groups is 1. The first-order chi connectivity index (χ1) is 13.6. The Morgan fingerprint density at radius 1 is 1.11 bits per heavy atom. The largest absolute Gasteiger partial charge is 0.496 e. The third-order valence-corrected chi connectivity index (χ3v) is 4.93. The van der Waals surface area contributed by atoms with Crippen molar-refractivity contribution in [1.29, 1.82) is 0 Å². The predicted molar refractivity (Wildman–Crippen MR) is 106 cm³/mol. The molecule has 0 fully saturated rings. The maximum absolute atomic E-state index is 12.4. The van der Waals surface area contributed by atoms with Gasteiger partial charge in [-0.3, -0.25) is 4.79 Å². The van der Waals surface area contributed by atoms with Gasteiger partial charge in [-0.25, -0.2) is 0 Å². The Morgan fingerprint density at radius 3 is 2.68 bits per heavy atom. The van der Waals surface area contributed by atoms with Crippen molar-refractivity contribution in [2.45, 2.75) is 26.9 Å². The Bertz CT molecular complexity index is 1170. The van der Waals surface area contributed by atoms with Crippen LogP contribution in [0.4, 0.5) is 0 Å². The number of aromatic nitrogens is 4. The number of methoxy groups -OCH3 is 1. The first-order valence-electron chi connectivity index (χ1n) is 9.05. The molecule has 0 N–H and O–H groups in total. The third kappa shape index (κ3) is 3.15. The maximum atomic E-state index is 12.4. The summed E-state index contributed by atoms with van der Waals surface area (Å²) in [7, 11) is 1.63. The molecular formula is C21H21N5O2. The number of nitrogens with zero attached hydrogens (tertiary/aromatic N) is 5. The molecule has 2 aromatic heterocycles. The highest BCUT2D eigenvalue weighted by atomic mass is 16.5. The average Bonchev–Trinajstić information content (AvgIpc) is 3.17. The average molecular weight is 375 g/mol. The van der Waals surface area contributed by atoms with Gasteiger partial charge in [0.1, 0.15) is 5.75 Å². The number of carbonyl (C=O) groups excluding carboxylic acids is 1. The number of fused-ring (bicyclic) bond motifs is 3. The van der Waals surface area contributed by atoms with Crippen LogP contribution in [-0.2, 0) is 17.9 Å². The molecule has 0 aliphatic carbocycles. The Balaban J connectivity index is 1.76. The summed E-state index contributed by atoms with van der Waals surface area (Å²) >= 11 is 0. The molecule has 4 aromatic rings. The number of aryl methyl sites for hydroxylation is 1. The number of hydrogen-bond acceptors (Lipinski definition) is 5. The van der Waals surface area contributed by atoms with Crippen molar-refractivity contribution in [2.75, 3.05) is 7.11 Å². The molecule has 0 aliphatic heterocycles. The molecule has 0 bridgehead atoms. The molecule has 7 nitrogen and oxygen atoms in total. The van der Waals surface area contributed by atoms with E-state index in [2.05, 4.69) is 21.6 Å². The number of benzene rings is 2. The first-order valence-corrected chi connectivity index (χ1v) is 9.05. The van der Waals surface area contributed by atoms with Gasteiger partial charge in [-0.15, -0.1) is 5.10 Å². The van der Waals surface area contributed by atoms with Gasteiger partial charge in [-0.05, 0) is 35.0 Å². The molecule has 2 aromatic carbocycles. The number of rotatable bonds is 5. The van der Waals surface area contributed by atoms with E-state index in [9.17, 15) is 4.79 Å². The lowest BCUT2D eigenvalue weighted by molar-refractivity contribution is -0.130. The minimum Gasteiger partial charge on any atom is -0.496 e. The maximum Gasteiger partial charge on any atom is 0.220 e. The van der Waals surface area contributed by atoms with Crippen LogP contribution in [0.25, 0.3) is 16.6 Å². The van der Waals surface area contributed by atoms with Crippen LogP contribution >= 0.6 is 0 Å². The second kappa shape index (κ2) is 7.26. The zero-order valence-electron chi connectivity index (χ0n) is 16.1. The standard InChI is InChI=1S/C21H21N5O2/c1-14-7-6-9-16-11-18(21-22-23-24-26(21)20(14)16)13-25(15(2)27)12-17-8-4-5-10-19(17)28-3/h4-11H,12-13H2,1-3H3. The van der Waals surface area contributed by atoms with Gasteiger partial charge in [0.05, 0.1) is 12.6 Å². The van der Waals surface area contributed by atoms with E-state index in [1.807, 2.05) is 49.4 Å². The van der Waals surface area contributed by atoms with E-state index in [0.29, 0.717) is 18.7 Å². The summed E-state index contributed by atoms with van der Waals surface area (Å²) in [5.74, 6) is 0.734. The lowest BCUT2D eigenvalue weighted by Gasteiger charge is -2.23. The Morgan fingerprint density at radius 2 is 1.89 bits per heavy atom. The summed E-state index contributed by atoms with van der Waals surface area (Å²) in [5, 5.41) is 13.3. The van der Waals surface area contributed by atoms with Crippen LogP contribution in [0.5, 0.6) is 5.75 Å². The van der Waals surface area contributed by atoms with Gasteiger partial charge in [0.2, 0.25) is 5.91 Å². The summed E-state index contributed by atoms with van der Waals surface area (Å²) in [6, 6.07) is 15.9. The quantitative estimate of drug-likeness (QED) is 0.536. The Kier molecular flexibility index (Phi) is 4.65. The Labute approximate surface area is 162 Å². The van der Waals surface area contributed by atoms with E-state index in [1.165, 1.54) is 0 Å². The van der Waals surface area contributed by atoms with Crippen LogP contribution in [0, 0.1) is 6.92 Å². The molecule has 0 unspecified atom stereocenters. The van der Waals surface area contributed by atoms with Crippen molar-refractivity contribution in [1.82, 2.24) is 24.9 Å². The number of hydrogen-bond donors (Lipinski definition) is 0. The SMILES string of the molecule is COc1ccccc1CN(Cc1cc2cccc(C)c2n2nnnc12)C(C)=O. The van der Waals surface area contributed by atoms with Gasteiger partial charge < -0.3 is 9.64 Å². The minimum atomic E-state index is -0.0270. The van der Waals surface area contributed by atoms with E-state index in [4.69, 9.17) is 4.74 Å². The van der Waals surface area contributed by atoms with Crippen LogP contribution in [0.3, 0.4) is 0 Å². The fourth-order valence-electron chi connectivity index (χ4n) is 3.52. The van der Waals surface area contributed by atoms with Crippen molar-refractivity contribution in [2.24, 2.45) is 0 Å². The van der Waals surface area contributed by atoms with Gasteiger partial charge in [0.15, 0.2) is 5.65 Å². The van der Waals surface area contributed by atoms with Crippen molar-refractivity contribution in [3.8, 4) is 5.75 Å². The van der Waals surface area contributed by atoms with Crippen LogP contribution in [0.1, 0.15) is 23.6 Å². The first kappa shape index (κ1) is 17.9. The monoisotopic (exact) mass is 375 g/mol. The molecule has 1 amide bonds. The molecule has 0 saturated carbocycles. The second-order valence-corrected chi connectivity index (χ2v) is 6.78. The van der Waals surface area contributed by atoms with Crippen LogP contribution < -0.4 is 4.74 Å². The summed E-state index contributed by atoms with van der Waals surface area (Å²) in [6.45, 7) is 4.45. The highest BCUT2D eigenvalue weighted by Crippen LogP contribution is 2.25. The zero-order chi connectivity index (χ0) is 19.7. The molecule has 2 heterocycles. The van der Waals surface area contributed by atoms with E-state index in [1.54, 1.807) is 23.4 Å². The molecule has 142 valence electrons. The summed E-state index contributed by atoms with van der Waals surface area (Å²) in [5.41, 5.74) is 4.58. The number of ether oxygens (including phenoxy) is 1. The van der Waals surface area contributed by atoms with E-state index in [-0.39, 0.29) is 5.91 Å². The fourth-order valence-corrected chi connectivity index (χ4v) is 3.52. The summed E-state index contributed by atoms with van der Waals surface area (Å²) in [4.78, 5) is 14.1. The molecule has 0 atom stereocenters. The molecule has 0 spiro atoms. The van der Waals surface area contributed by atoms with Gasteiger partial charge in [0, 0.05) is 36.5 Å². The molecule has 0 aliphatic rings. The van der Waals surface area contributed by atoms with Gasteiger partial charge in [0.25, 0.3) is 0 Å². The lowest BCUT2D eigenvalue weighted by Crippen LogP contribution is -2.28.